The van der Waals surface area contributed by atoms with Crippen LogP contribution in [0.1, 0.15) is 52.4 Å². The van der Waals surface area contributed by atoms with Gasteiger partial charge in [-0.2, -0.15) is 0 Å². The predicted octanol–water partition coefficient (Wildman–Crippen LogP) is 2.75. The fraction of sp³-hybridized carbons (Fsp3) is 0.929. The lowest BCUT2D eigenvalue weighted by Gasteiger charge is -2.38. The number of rotatable bonds is 3. The zero-order chi connectivity index (χ0) is 12.4. The Morgan fingerprint density at radius 1 is 1.24 bits per heavy atom. The first kappa shape index (κ1) is 12.9. The Kier molecular flexibility index (Phi) is 4.08. The summed E-state index contributed by atoms with van der Waals surface area (Å²) in [5.41, 5.74) is 0. The Labute approximate surface area is 104 Å². The first-order valence-electron chi connectivity index (χ1n) is 7.08. The number of nitrogens with zero attached hydrogens (tertiary/aromatic N) is 1. The molecule has 0 aromatic rings. The van der Waals surface area contributed by atoms with Crippen molar-refractivity contribution < 1.29 is 9.90 Å². The predicted molar refractivity (Wildman–Crippen MR) is 67.9 cm³/mol. The molecule has 98 valence electrons. The van der Waals surface area contributed by atoms with E-state index in [1.165, 1.54) is 25.7 Å². The van der Waals surface area contributed by atoms with Crippen molar-refractivity contribution in [3.63, 3.8) is 0 Å². The molecule has 2 rings (SSSR count). The topological polar surface area (TPSA) is 40.5 Å². The lowest BCUT2D eigenvalue weighted by molar-refractivity contribution is -0.143. The van der Waals surface area contributed by atoms with Gasteiger partial charge >= 0.3 is 5.97 Å². The van der Waals surface area contributed by atoms with E-state index in [-0.39, 0.29) is 6.04 Å². The van der Waals surface area contributed by atoms with E-state index >= 15 is 0 Å². The summed E-state index contributed by atoms with van der Waals surface area (Å²) < 4.78 is 0. The number of carboxylic acid groups (broad SMARTS) is 1. The second-order valence-electron chi connectivity index (χ2n) is 6.06. The van der Waals surface area contributed by atoms with Crippen LogP contribution in [0.3, 0.4) is 0 Å². The van der Waals surface area contributed by atoms with E-state index in [0.29, 0.717) is 6.04 Å². The van der Waals surface area contributed by atoms with Crippen LogP contribution in [-0.2, 0) is 4.79 Å². The van der Waals surface area contributed by atoms with E-state index in [2.05, 4.69) is 18.7 Å². The second kappa shape index (κ2) is 5.38. The minimum atomic E-state index is -0.617. The Balaban J connectivity index is 1.99. The summed E-state index contributed by atoms with van der Waals surface area (Å²) >= 11 is 0. The van der Waals surface area contributed by atoms with E-state index in [1.807, 2.05) is 0 Å². The Morgan fingerprint density at radius 3 is 2.65 bits per heavy atom. The lowest BCUT2D eigenvalue weighted by atomic mass is 9.78. The number of hydrogen-bond donors (Lipinski definition) is 1. The maximum atomic E-state index is 11.2. The SMILES string of the molecule is CC(C)C1CCCC(N2CCCC2C(=O)O)C1. The van der Waals surface area contributed by atoms with E-state index < -0.39 is 5.97 Å². The van der Waals surface area contributed by atoms with E-state index in [9.17, 15) is 9.90 Å². The van der Waals surface area contributed by atoms with Gasteiger partial charge in [0, 0.05) is 6.04 Å². The molecule has 1 saturated heterocycles. The monoisotopic (exact) mass is 239 g/mol. The highest BCUT2D eigenvalue weighted by atomic mass is 16.4. The third-order valence-electron chi connectivity index (χ3n) is 4.68. The van der Waals surface area contributed by atoms with Gasteiger partial charge in [0.2, 0.25) is 0 Å². The molecule has 1 N–H and O–H groups in total. The van der Waals surface area contributed by atoms with Gasteiger partial charge in [0.25, 0.3) is 0 Å². The molecule has 0 aromatic carbocycles. The smallest absolute Gasteiger partial charge is 0.320 e. The molecule has 17 heavy (non-hydrogen) atoms. The molecule has 0 bridgehead atoms. The summed E-state index contributed by atoms with van der Waals surface area (Å²) in [6, 6.07) is 0.325. The summed E-state index contributed by atoms with van der Waals surface area (Å²) in [7, 11) is 0. The molecule has 0 spiro atoms. The molecular weight excluding hydrogens is 214 g/mol. The first-order valence-corrected chi connectivity index (χ1v) is 7.08. The van der Waals surface area contributed by atoms with Crippen molar-refractivity contribution >= 4 is 5.97 Å². The highest BCUT2D eigenvalue weighted by molar-refractivity contribution is 5.73. The molecule has 1 aliphatic heterocycles. The molecule has 3 atom stereocenters. The molecule has 0 aromatic heterocycles. The average molecular weight is 239 g/mol. The first-order chi connectivity index (χ1) is 8.09. The Bertz CT molecular complexity index is 277. The number of carbonyl (C=O) groups is 1. The van der Waals surface area contributed by atoms with Gasteiger partial charge in [-0.15, -0.1) is 0 Å². The molecule has 0 amide bonds. The van der Waals surface area contributed by atoms with E-state index in [0.717, 1.165) is 31.2 Å². The van der Waals surface area contributed by atoms with Crippen molar-refractivity contribution in [1.29, 1.82) is 0 Å². The van der Waals surface area contributed by atoms with Gasteiger partial charge in [-0.1, -0.05) is 26.7 Å². The zero-order valence-corrected chi connectivity index (χ0v) is 11.1. The standard InChI is InChI=1S/C14H25NO2/c1-10(2)11-5-3-6-12(9-11)15-8-4-7-13(15)14(16)17/h10-13H,3-9H2,1-2H3,(H,16,17). The van der Waals surface area contributed by atoms with Crippen LogP contribution >= 0.6 is 0 Å². The summed E-state index contributed by atoms with van der Waals surface area (Å²) in [4.78, 5) is 13.5. The van der Waals surface area contributed by atoms with Gasteiger partial charge < -0.3 is 5.11 Å². The summed E-state index contributed by atoms with van der Waals surface area (Å²) in [6.07, 6.45) is 6.92. The number of aliphatic carboxylic acids is 1. The molecule has 0 radical (unpaired) electrons. The Hall–Kier alpha value is -0.570. The maximum Gasteiger partial charge on any atom is 0.320 e. The van der Waals surface area contributed by atoms with Crippen LogP contribution in [0.4, 0.5) is 0 Å². The van der Waals surface area contributed by atoms with Crippen molar-refractivity contribution in [3.05, 3.63) is 0 Å². The number of hydrogen-bond acceptors (Lipinski definition) is 2. The molecule has 3 nitrogen and oxygen atoms in total. The minimum Gasteiger partial charge on any atom is -0.480 e. The van der Waals surface area contributed by atoms with Crippen LogP contribution in [-0.4, -0.2) is 34.6 Å². The van der Waals surface area contributed by atoms with Crippen LogP contribution in [0.15, 0.2) is 0 Å². The molecule has 1 saturated carbocycles. The molecule has 2 fully saturated rings. The fourth-order valence-corrected chi connectivity index (χ4v) is 3.60. The van der Waals surface area contributed by atoms with Crippen LogP contribution in [0, 0.1) is 11.8 Å². The summed E-state index contributed by atoms with van der Waals surface area (Å²) in [5, 5.41) is 9.25. The maximum absolute atomic E-state index is 11.2. The summed E-state index contributed by atoms with van der Waals surface area (Å²) in [5.74, 6) is 0.918. The fourth-order valence-electron chi connectivity index (χ4n) is 3.60. The molecule has 1 aliphatic carbocycles. The van der Waals surface area contributed by atoms with Gasteiger partial charge in [0.05, 0.1) is 0 Å². The molecular formula is C14H25NO2. The normalized spacial score (nSPS) is 35.4. The molecule has 1 heterocycles. The van der Waals surface area contributed by atoms with Gasteiger partial charge in [0.1, 0.15) is 6.04 Å². The Morgan fingerprint density at radius 2 is 2.00 bits per heavy atom. The highest BCUT2D eigenvalue weighted by Gasteiger charge is 2.37. The van der Waals surface area contributed by atoms with Gasteiger partial charge in [-0.25, -0.2) is 0 Å². The van der Waals surface area contributed by atoms with Crippen LogP contribution in [0.25, 0.3) is 0 Å². The minimum absolute atomic E-state index is 0.203. The summed E-state index contributed by atoms with van der Waals surface area (Å²) in [6.45, 7) is 5.59. The molecule has 3 unspecified atom stereocenters. The van der Waals surface area contributed by atoms with Crippen molar-refractivity contribution in [2.75, 3.05) is 6.54 Å². The highest BCUT2D eigenvalue weighted by Crippen LogP contribution is 2.35. The van der Waals surface area contributed by atoms with Crippen LogP contribution < -0.4 is 0 Å². The molecule has 2 aliphatic rings. The van der Waals surface area contributed by atoms with Crippen LogP contribution in [0.5, 0.6) is 0 Å². The van der Waals surface area contributed by atoms with Crippen molar-refractivity contribution in [3.8, 4) is 0 Å². The van der Waals surface area contributed by atoms with Crippen molar-refractivity contribution in [1.82, 2.24) is 4.90 Å². The quantitative estimate of drug-likeness (QED) is 0.823. The van der Waals surface area contributed by atoms with Gasteiger partial charge in [-0.3, -0.25) is 9.69 Å². The molecule has 3 heteroatoms. The van der Waals surface area contributed by atoms with E-state index in [4.69, 9.17) is 0 Å². The average Bonchev–Trinajstić information content (AvgIpc) is 2.78. The van der Waals surface area contributed by atoms with Crippen molar-refractivity contribution in [2.45, 2.75) is 64.5 Å². The number of carboxylic acids is 1. The third-order valence-corrected chi connectivity index (χ3v) is 4.68. The van der Waals surface area contributed by atoms with Gasteiger partial charge in [0.15, 0.2) is 0 Å². The second-order valence-corrected chi connectivity index (χ2v) is 6.06. The van der Waals surface area contributed by atoms with Crippen molar-refractivity contribution in [2.24, 2.45) is 11.8 Å². The lowest BCUT2D eigenvalue weighted by Crippen LogP contribution is -2.45. The van der Waals surface area contributed by atoms with E-state index in [1.54, 1.807) is 0 Å². The largest absolute Gasteiger partial charge is 0.480 e. The third kappa shape index (κ3) is 2.82. The zero-order valence-electron chi connectivity index (χ0n) is 11.1. The van der Waals surface area contributed by atoms with Gasteiger partial charge in [-0.05, 0) is 44.1 Å². The van der Waals surface area contributed by atoms with Crippen LogP contribution in [0.2, 0.25) is 0 Å². The number of likely N-dealkylation sites (tertiary alicyclic amines) is 1.